The van der Waals surface area contributed by atoms with Gasteiger partial charge in [-0.3, -0.25) is 0 Å². The number of thioether (sulfide) groups is 1. The van der Waals surface area contributed by atoms with Gasteiger partial charge in [0.25, 0.3) is 0 Å². The number of nitrogens with one attached hydrogen (secondary N) is 2. The molecule has 1 aromatic rings. The highest BCUT2D eigenvalue weighted by atomic mass is 32.2. The van der Waals surface area contributed by atoms with Gasteiger partial charge in [0.1, 0.15) is 0 Å². The van der Waals surface area contributed by atoms with E-state index in [1.165, 1.54) is 5.56 Å². The Labute approximate surface area is 125 Å². The number of rotatable bonds is 8. The summed E-state index contributed by atoms with van der Waals surface area (Å²) in [6, 6.07) is 7.84. The van der Waals surface area contributed by atoms with Crippen LogP contribution < -0.4 is 10.6 Å². The molecule has 1 rings (SSSR count). The SMILES string of the molecule is CC[C@@H](COC)NC(=O)Nc1ccc(CCSC)cc1. The first-order valence-electron chi connectivity index (χ1n) is 6.84. The van der Waals surface area contributed by atoms with E-state index in [0.29, 0.717) is 6.61 Å². The van der Waals surface area contributed by atoms with Gasteiger partial charge in [0.05, 0.1) is 12.6 Å². The largest absolute Gasteiger partial charge is 0.383 e. The smallest absolute Gasteiger partial charge is 0.319 e. The minimum Gasteiger partial charge on any atom is -0.383 e. The van der Waals surface area contributed by atoms with Gasteiger partial charge in [-0.25, -0.2) is 4.79 Å². The van der Waals surface area contributed by atoms with Crippen molar-refractivity contribution in [1.29, 1.82) is 0 Å². The maximum atomic E-state index is 11.8. The van der Waals surface area contributed by atoms with E-state index in [1.807, 2.05) is 30.8 Å². The summed E-state index contributed by atoms with van der Waals surface area (Å²) >= 11 is 1.83. The highest BCUT2D eigenvalue weighted by Gasteiger charge is 2.09. The fraction of sp³-hybridized carbons (Fsp3) is 0.533. The van der Waals surface area contributed by atoms with Crippen molar-refractivity contribution in [2.24, 2.45) is 0 Å². The highest BCUT2D eigenvalue weighted by molar-refractivity contribution is 7.98. The Morgan fingerprint density at radius 1 is 1.35 bits per heavy atom. The van der Waals surface area contributed by atoms with Crippen LogP contribution in [0.4, 0.5) is 10.5 Å². The molecule has 2 N–H and O–H groups in total. The third-order valence-corrected chi connectivity index (χ3v) is 3.61. The molecule has 5 heteroatoms. The molecule has 1 atom stereocenters. The Balaban J connectivity index is 2.45. The molecule has 0 aromatic heterocycles. The molecule has 0 aliphatic carbocycles. The Hall–Kier alpha value is -1.20. The Morgan fingerprint density at radius 2 is 2.05 bits per heavy atom. The predicted molar refractivity (Wildman–Crippen MR) is 86.6 cm³/mol. The Bertz CT molecular complexity index is 395. The molecule has 0 fully saturated rings. The van der Waals surface area contributed by atoms with Gasteiger partial charge >= 0.3 is 6.03 Å². The number of benzene rings is 1. The molecule has 112 valence electrons. The molecule has 0 heterocycles. The zero-order valence-electron chi connectivity index (χ0n) is 12.4. The second-order valence-corrected chi connectivity index (χ2v) is 5.58. The van der Waals surface area contributed by atoms with Gasteiger partial charge in [0, 0.05) is 12.8 Å². The van der Waals surface area contributed by atoms with Gasteiger partial charge < -0.3 is 15.4 Å². The van der Waals surface area contributed by atoms with E-state index < -0.39 is 0 Å². The van der Waals surface area contributed by atoms with Gasteiger partial charge in [-0.1, -0.05) is 19.1 Å². The van der Waals surface area contributed by atoms with Crippen molar-refractivity contribution < 1.29 is 9.53 Å². The van der Waals surface area contributed by atoms with Crippen LogP contribution in [0.5, 0.6) is 0 Å². The third-order valence-electron chi connectivity index (χ3n) is 3.00. The minimum atomic E-state index is -0.189. The second-order valence-electron chi connectivity index (χ2n) is 4.60. The summed E-state index contributed by atoms with van der Waals surface area (Å²) in [6.45, 7) is 2.54. The summed E-state index contributed by atoms with van der Waals surface area (Å²) in [7, 11) is 1.63. The number of aryl methyl sites for hydroxylation is 1. The number of carbonyl (C=O) groups excluding carboxylic acids is 1. The zero-order chi connectivity index (χ0) is 14.8. The van der Waals surface area contributed by atoms with E-state index in [1.54, 1.807) is 7.11 Å². The number of methoxy groups -OCH3 is 1. The quantitative estimate of drug-likeness (QED) is 0.775. The van der Waals surface area contributed by atoms with E-state index in [-0.39, 0.29) is 12.1 Å². The van der Waals surface area contributed by atoms with E-state index in [0.717, 1.165) is 24.3 Å². The molecule has 0 saturated heterocycles. The van der Waals surface area contributed by atoms with Crippen LogP contribution in [0.15, 0.2) is 24.3 Å². The normalized spacial score (nSPS) is 11.9. The lowest BCUT2D eigenvalue weighted by molar-refractivity contribution is 0.165. The van der Waals surface area contributed by atoms with E-state index >= 15 is 0 Å². The number of ether oxygens (including phenoxy) is 1. The van der Waals surface area contributed by atoms with Crippen molar-refractivity contribution in [3.05, 3.63) is 29.8 Å². The van der Waals surface area contributed by atoms with Crippen LogP contribution in [0.2, 0.25) is 0 Å². The van der Waals surface area contributed by atoms with Crippen LogP contribution in [0.25, 0.3) is 0 Å². The summed E-state index contributed by atoms with van der Waals surface area (Å²) in [5.74, 6) is 1.11. The van der Waals surface area contributed by atoms with Crippen molar-refractivity contribution in [3.8, 4) is 0 Å². The molecule has 0 spiro atoms. The molecule has 20 heavy (non-hydrogen) atoms. The summed E-state index contributed by atoms with van der Waals surface area (Å²) < 4.78 is 5.05. The molecule has 1 aromatic carbocycles. The van der Waals surface area contributed by atoms with Crippen LogP contribution in [0.3, 0.4) is 0 Å². The van der Waals surface area contributed by atoms with Crippen molar-refractivity contribution >= 4 is 23.5 Å². The summed E-state index contributed by atoms with van der Waals surface area (Å²) in [6.07, 6.45) is 4.00. The lowest BCUT2D eigenvalue weighted by Crippen LogP contribution is -2.40. The fourth-order valence-electron chi connectivity index (χ4n) is 1.79. The lowest BCUT2D eigenvalue weighted by Gasteiger charge is -2.16. The van der Waals surface area contributed by atoms with Crippen LogP contribution in [0, 0.1) is 0 Å². The van der Waals surface area contributed by atoms with Crippen molar-refractivity contribution in [3.63, 3.8) is 0 Å². The molecule has 0 aliphatic rings. The number of amides is 2. The van der Waals surface area contributed by atoms with Crippen LogP contribution in [-0.4, -0.2) is 37.8 Å². The maximum absolute atomic E-state index is 11.8. The van der Waals surface area contributed by atoms with Gasteiger partial charge in [0.15, 0.2) is 0 Å². The van der Waals surface area contributed by atoms with Gasteiger partial charge in [-0.15, -0.1) is 0 Å². The number of urea groups is 1. The molecule has 2 amide bonds. The topological polar surface area (TPSA) is 50.4 Å². The molecule has 0 aliphatic heterocycles. The molecule has 0 radical (unpaired) electrons. The Morgan fingerprint density at radius 3 is 2.60 bits per heavy atom. The van der Waals surface area contributed by atoms with Crippen molar-refractivity contribution in [2.75, 3.05) is 31.0 Å². The van der Waals surface area contributed by atoms with E-state index in [2.05, 4.69) is 29.0 Å². The number of hydrogen-bond acceptors (Lipinski definition) is 3. The standard InChI is InChI=1S/C15H24N2O2S/c1-4-13(11-19-2)16-15(18)17-14-7-5-12(6-8-14)9-10-20-3/h5-8,13H,4,9-11H2,1-3H3,(H2,16,17,18)/t13-/m0/s1. The van der Waals surface area contributed by atoms with Gasteiger partial charge in [0.2, 0.25) is 0 Å². The maximum Gasteiger partial charge on any atom is 0.319 e. The molecular formula is C15H24N2O2S. The van der Waals surface area contributed by atoms with Crippen molar-refractivity contribution in [2.45, 2.75) is 25.8 Å². The first kappa shape index (κ1) is 16.9. The zero-order valence-corrected chi connectivity index (χ0v) is 13.3. The number of anilines is 1. The van der Waals surface area contributed by atoms with Crippen LogP contribution in [-0.2, 0) is 11.2 Å². The summed E-state index contributed by atoms with van der Waals surface area (Å²) in [4.78, 5) is 11.8. The summed E-state index contributed by atoms with van der Waals surface area (Å²) in [5, 5.41) is 5.72. The van der Waals surface area contributed by atoms with Gasteiger partial charge in [-0.2, -0.15) is 11.8 Å². The average Bonchev–Trinajstić information content (AvgIpc) is 2.46. The third kappa shape index (κ3) is 6.30. The monoisotopic (exact) mass is 296 g/mol. The van der Waals surface area contributed by atoms with E-state index in [4.69, 9.17) is 4.74 Å². The van der Waals surface area contributed by atoms with Crippen LogP contribution in [0.1, 0.15) is 18.9 Å². The van der Waals surface area contributed by atoms with Gasteiger partial charge in [-0.05, 0) is 42.5 Å². The second kappa shape index (κ2) is 9.66. The predicted octanol–water partition coefficient (Wildman–Crippen LogP) is 3.14. The molecule has 0 saturated carbocycles. The number of hydrogen-bond donors (Lipinski definition) is 2. The molecular weight excluding hydrogens is 272 g/mol. The fourth-order valence-corrected chi connectivity index (χ4v) is 2.23. The first-order valence-corrected chi connectivity index (χ1v) is 8.23. The average molecular weight is 296 g/mol. The Kier molecular flexibility index (Phi) is 8.14. The van der Waals surface area contributed by atoms with E-state index in [9.17, 15) is 4.79 Å². The van der Waals surface area contributed by atoms with Crippen LogP contribution >= 0.6 is 11.8 Å². The minimum absolute atomic E-state index is 0.0425. The summed E-state index contributed by atoms with van der Waals surface area (Å²) in [5.41, 5.74) is 2.10. The number of carbonyl (C=O) groups is 1. The molecule has 4 nitrogen and oxygen atoms in total. The molecule has 0 bridgehead atoms. The van der Waals surface area contributed by atoms with Crippen molar-refractivity contribution in [1.82, 2.24) is 5.32 Å². The lowest BCUT2D eigenvalue weighted by atomic mass is 10.1. The molecule has 0 unspecified atom stereocenters. The first-order chi connectivity index (χ1) is 9.69. The highest BCUT2D eigenvalue weighted by Crippen LogP contribution is 2.11.